The minimum atomic E-state index is 0.213. The third-order valence-electron chi connectivity index (χ3n) is 4.69. The number of allylic oxidation sites excluding steroid dienone is 2. The third-order valence-corrected chi connectivity index (χ3v) is 5.61. The van der Waals surface area contributed by atoms with E-state index in [2.05, 4.69) is 28.0 Å². The number of nitrogens with zero attached hydrogens (tertiary/aromatic N) is 5. The molecule has 1 saturated heterocycles. The molecule has 1 amide bonds. The molecule has 0 aliphatic carbocycles. The van der Waals surface area contributed by atoms with E-state index in [1.165, 1.54) is 0 Å². The van der Waals surface area contributed by atoms with Crippen molar-refractivity contribution in [1.29, 1.82) is 0 Å². The number of halogens is 1. The van der Waals surface area contributed by atoms with Crippen LogP contribution in [0.4, 0.5) is 0 Å². The Morgan fingerprint density at radius 2 is 2.04 bits per heavy atom. The zero-order chi connectivity index (χ0) is 18.6. The van der Waals surface area contributed by atoms with Gasteiger partial charge in [0.15, 0.2) is 5.70 Å². The molecule has 0 aromatic heterocycles. The SMILES string of the molecule is CN(C)CC(=O)N1CCC(C2=C3C=NC=C[N+]3(C)C(Br)=N2)CC1.CO. The number of aliphatic hydroxyl groups is 1. The Kier molecular flexibility index (Phi) is 6.67. The standard InChI is InChI=1S/C16H23BrN5O.CH4O/c1-20(2)11-14(23)21-7-4-12(5-8-21)15-13-10-18-6-9-22(13,3)16(17)19-15;1-2/h6,9-10,12H,4-5,7-8,11H2,1-3H3;2H,1H3/q+1;. The fraction of sp³-hybridized carbons (Fsp3) is 0.588. The monoisotopic (exact) mass is 412 g/mol. The lowest BCUT2D eigenvalue weighted by atomic mass is 9.92. The Hall–Kier alpha value is -1.35. The quantitative estimate of drug-likeness (QED) is 0.562. The highest BCUT2D eigenvalue weighted by Gasteiger charge is 2.43. The predicted molar refractivity (Wildman–Crippen MR) is 103 cm³/mol. The van der Waals surface area contributed by atoms with E-state index in [-0.39, 0.29) is 5.91 Å². The summed E-state index contributed by atoms with van der Waals surface area (Å²) in [4.78, 5) is 25.1. The van der Waals surface area contributed by atoms with Gasteiger partial charge in [0.1, 0.15) is 11.9 Å². The lowest BCUT2D eigenvalue weighted by Gasteiger charge is -2.33. The molecule has 1 unspecified atom stereocenters. The average molecular weight is 413 g/mol. The Balaban J connectivity index is 0.00000109. The fourth-order valence-corrected chi connectivity index (χ4v) is 3.78. The first-order valence-corrected chi connectivity index (χ1v) is 9.15. The van der Waals surface area contributed by atoms with Crippen LogP contribution in [0.15, 0.2) is 33.8 Å². The summed E-state index contributed by atoms with van der Waals surface area (Å²) in [5, 5.41) is 7.00. The maximum Gasteiger partial charge on any atom is 0.281 e. The molecule has 1 fully saturated rings. The van der Waals surface area contributed by atoms with Crippen LogP contribution in [0.3, 0.4) is 0 Å². The number of amidine groups is 1. The minimum absolute atomic E-state index is 0.213. The molecule has 25 heavy (non-hydrogen) atoms. The van der Waals surface area contributed by atoms with Crippen molar-refractivity contribution in [3.8, 4) is 0 Å². The maximum absolute atomic E-state index is 12.2. The van der Waals surface area contributed by atoms with E-state index in [4.69, 9.17) is 10.1 Å². The van der Waals surface area contributed by atoms with Crippen LogP contribution >= 0.6 is 15.9 Å². The van der Waals surface area contributed by atoms with Crippen LogP contribution in [0, 0.1) is 5.92 Å². The number of piperidine rings is 1. The van der Waals surface area contributed by atoms with Gasteiger partial charge in [-0.05, 0) is 26.9 Å². The van der Waals surface area contributed by atoms with Crippen LogP contribution in [-0.4, -0.2) is 84.1 Å². The van der Waals surface area contributed by atoms with Crippen molar-refractivity contribution in [3.05, 3.63) is 23.8 Å². The zero-order valence-corrected chi connectivity index (χ0v) is 16.9. The number of carbonyl (C=O) groups excluding carboxylic acids is 1. The van der Waals surface area contributed by atoms with Gasteiger partial charge in [-0.15, -0.1) is 0 Å². The minimum Gasteiger partial charge on any atom is -0.400 e. The smallest absolute Gasteiger partial charge is 0.281 e. The molecular formula is C17H27BrN5O2+. The number of amides is 1. The lowest BCUT2D eigenvalue weighted by Crippen LogP contribution is -2.43. The lowest BCUT2D eigenvalue weighted by molar-refractivity contribution is -0.709. The van der Waals surface area contributed by atoms with Crippen LogP contribution in [0.5, 0.6) is 0 Å². The molecule has 0 bridgehead atoms. The number of likely N-dealkylation sites (N-methyl/N-ethyl adjacent to an activating group) is 1. The number of aliphatic hydroxyl groups excluding tert-OH is 1. The van der Waals surface area contributed by atoms with Crippen molar-refractivity contribution in [2.45, 2.75) is 12.8 Å². The Morgan fingerprint density at radius 3 is 2.64 bits per heavy atom. The van der Waals surface area contributed by atoms with Crippen LogP contribution in [-0.2, 0) is 4.79 Å². The first-order chi connectivity index (χ1) is 11.9. The van der Waals surface area contributed by atoms with Gasteiger partial charge in [-0.2, -0.15) is 4.99 Å². The molecule has 0 saturated carbocycles. The first kappa shape index (κ1) is 20.0. The van der Waals surface area contributed by atoms with Crippen molar-refractivity contribution in [1.82, 2.24) is 9.80 Å². The van der Waals surface area contributed by atoms with E-state index >= 15 is 0 Å². The molecule has 3 aliphatic heterocycles. The van der Waals surface area contributed by atoms with E-state index in [1.807, 2.05) is 42.5 Å². The summed E-state index contributed by atoms with van der Waals surface area (Å²) in [5.41, 5.74) is 2.25. The first-order valence-electron chi connectivity index (χ1n) is 8.35. The van der Waals surface area contributed by atoms with E-state index in [0.717, 1.165) is 49.2 Å². The molecule has 1 atom stereocenters. The highest BCUT2D eigenvalue weighted by Crippen LogP contribution is 2.38. The second-order valence-corrected chi connectivity index (χ2v) is 7.41. The van der Waals surface area contributed by atoms with E-state index < -0.39 is 0 Å². The molecule has 7 nitrogen and oxygen atoms in total. The van der Waals surface area contributed by atoms with Crippen molar-refractivity contribution in [2.75, 3.05) is 47.9 Å². The Labute approximate surface area is 157 Å². The van der Waals surface area contributed by atoms with E-state index in [9.17, 15) is 4.79 Å². The van der Waals surface area contributed by atoms with E-state index in [1.54, 1.807) is 0 Å². The summed E-state index contributed by atoms with van der Waals surface area (Å²) in [5.74, 6) is 0.601. The van der Waals surface area contributed by atoms with Gasteiger partial charge in [0.05, 0.1) is 26.0 Å². The predicted octanol–water partition coefficient (Wildman–Crippen LogP) is 1.37. The summed E-state index contributed by atoms with van der Waals surface area (Å²) in [7, 11) is 6.96. The van der Waals surface area contributed by atoms with Crippen LogP contribution < -0.4 is 0 Å². The van der Waals surface area contributed by atoms with Gasteiger partial charge in [0.2, 0.25) is 5.91 Å². The number of carbonyl (C=O) groups is 1. The van der Waals surface area contributed by atoms with Crippen molar-refractivity contribution in [2.24, 2.45) is 15.9 Å². The number of hydrogen-bond donors (Lipinski definition) is 1. The number of rotatable bonds is 3. The highest BCUT2D eigenvalue weighted by molar-refractivity contribution is 9.18. The molecule has 0 aromatic rings. The molecule has 3 heterocycles. The zero-order valence-electron chi connectivity index (χ0n) is 15.3. The molecule has 3 rings (SSSR count). The van der Waals surface area contributed by atoms with Crippen molar-refractivity contribution >= 4 is 32.8 Å². The highest BCUT2D eigenvalue weighted by atomic mass is 79.9. The van der Waals surface area contributed by atoms with Gasteiger partial charge in [-0.1, -0.05) is 0 Å². The number of aliphatic imine (C=N–C) groups is 2. The second kappa shape index (κ2) is 8.35. The topological polar surface area (TPSA) is 68.5 Å². The van der Waals surface area contributed by atoms with Crippen molar-refractivity contribution in [3.63, 3.8) is 0 Å². The molecular weight excluding hydrogens is 386 g/mol. The van der Waals surface area contributed by atoms with Gasteiger partial charge in [0.25, 0.3) is 4.74 Å². The van der Waals surface area contributed by atoms with Gasteiger partial charge >= 0.3 is 0 Å². The number of fused-ring (bicyclic) bond motifs is 1. The summed E-state index contributed by atoms with van der Waals surface area (Å²) in [6.45, 7) is 2.09. The summed E-state index contributed by atoms with van der Waals surface area (Å²) >= 11 is 3.60. The summed E-state index contributed by atoms with van der Waals surface area (Å²) in [6, 6.07) is 0. The molecule has 0 radical (unpaired) electrons. The number of quaternary nitrogens is 1. The summed E-state index contributed by atoms with van der Waals surface area (Å²) in [6.07, 6.45) is 7.67. The molecule has 3 aliphatic rings. The largest absolute Gasteiger partial charge is 0.400 e. The molecule has 1 N–H and O–H groups in total. The van der Waals surface area contributed by atoms with Crippen LogP contribution in [0.25, 0.3) is 0 Å². The van der Waals surface area contributed by atoms with Gasteiger partial charge < -0.3 is 14.9 Å². The van der Waals surface area contributed by atoms with Crippen LogP contribution in [0.1, 0.15) is 12.8 Å². The normalized spacial score (nSPS) is 25.7. The van der Waals surface area contributed by atoms with E-state index in [0.29, 0.717) is 16.9 Å². The summed E-state index contributed by atoms with van der Waals surface area (Å²) < 4.78 is 1.45. The third kappa shape index (κ3) is 4.08. The molecule has 0 aromatic carbocycles. The molecule has 138 valence electrons. The maximum atomic E-state index is 12.2. The molecule has 8 heteroatoms. The number of hydrogen-bond acceptors (Lipinski definition) is 5. The second-order valence-electron chi connectivity index (χ2n) is 6.70. The number of likely N-dealkylation sites (tertiary alicyclic amines) is 1. The average Bonchev–Trinajstić information content (AvgIpc) is 2.88. The van der Waals surface area contributed by atoms with Gasteiger partial charge in [-0.25, -0.2) is 4.48 Å². The Morgan fingerprint density at radius 1 is 1.40 bits per heavy atom. The fourth-order valence-electron chi connectivity index (χ4n) is 3.28. The van der Waals surface area contributed by atoms with Gasteiger partial charge in [-0.3, -0.25) is 9.79 Å². The van der Waals surface area contributed by atoms with Crippen molar-refractivity contribution < 1.29 is 14.4 Å². The Bertz CT molecular complexity index is 633. The molecule has 0 spiro atoms. The van der Waals surface area contributed by atoms with Crippen LogP contribution in [0.2, 0.25) is 0 Å². The van der Waals surface area contributed by atoms with Gasteiger partial charge in [0, 0.05) is 42.0 Å².